The van der Waals surface area contributed by atoms with Gasteiger partial charge < -0.3 is 15.2 Å². The van der Waals surface area contributed by atoms with Crippen LogP contribution in [0.1, 0.15) is 32.1 Å². The molecule has 5 nitrogen and oxygen atoms in total. The lowest BCUT2D eigenvalue weighted by Crippen LogP contribution is -2.49. The van der Waals surface area contributed by atoms with Gasteiger partial charge in [-0.15, -0.1) is 0 Å². The number of nitrogens with one attached hydrogen (secondary N) is 1. The quantitative estimate of drug-likeness (QED) is 0.750. The summed E-state index contributed by atoms with van der Waals surface area (Å²) in [5.41, 5.74) is 0. The van der Waals surface area contributed by atoms with Gasteiger partial charge in [-0.1, -0.05) is 6.42 Å². The molecule has 0 aliphatic carbocycles. The number of nitrogens with zero attached hydrogens (tertiary/aromatic N) is 1. The summed E-state index contributed by atoms with van der Waals surface area (Å²) in [7, 11) is 0. The molecule has 0 saturated carbocycles. The first-order valence-electron chi connectivity index (χ1n) is 7.01. The van der Waals surface area contributed by atoms with E-state index in [0.717, 1.165) is 51.9 Å². The number of aliphatic hydroxyl groups excluding tert-OH is 1. The van der Waals surface area contributed by atoms with Gasteiger partial charge in [0.1, 0.15) is 0 Å². The van der Waals surface area contributed by atoms with E-state index in [1.165, 1.54) is 0 Å². The maximum Gasteiger partial charge on any atom is 0.234 e. The number of amides is 1. The van der Waals surface area contributed by atoms with E-state index < -0.39 is 0 Å². The molecule has 0 aromatic rings. The average Bonchev–Trinajstić information content (AvgIpc) is 2.40. The molecule has 2 saturated heterocycles. The molecule has 2 aliphatic rings. The number of ether oxygens (including phenoxy) is 1. The number of carbonyl (C=O) groups excluding carboxylic acids is 1. The summed E-state index contributed by atoms with van der Waals surface area (Å²) in [4.78, 5) is 14.1. The lowest BCUT2D eigenvalue weighted by molar-refractivity contribution is -0.124. The van der Waals surface area contributed by atoms with Crippen molar-refractivity contribution in [3.8, 4) is 0 Å². The fourth-order valence-electron chi connectivity index (χ4n) is 2.77. The topological polar surface area (TPSA) is 61.8 Å². The Morgan fingerprint density at radius 1 is 1.28 bits per heavy atom. The minimum atomic E-state index is 0.0854. The second kappa shape index (κ2) is 7.07. The lowest BCUT2D eigenvalue weighted by Gasteiger charge is -2.34. The van der Waals surface area contributed by atoms with E-state index in [1.54, 1.807) is 0 Å². The molecule has 104 valence electrons. The van der Waals surface area contributed by atoms with Gasteiger partial charge in [0.05, 0.1) is 13.2 Å². The number of carbonyl (C=O) groups is 1. The number of hydrogen-bond acceptors (Lipinski definition) is 4. The number of piperidine rings is 1. The molecule has 2 N–H and O–H groups in total. The molecule has 2 aliphatic heterocycles. The summed E-state index contributed by atoms with van der Waals surface area (Å²) in [6.07, 6.45) is 5.11. The van der Waals surface area contributed by atoms with Crippen molar-refractivity contribution in [1.82, 2.24) is 10.2 Å². The second-order valence-electron chi connectivity index (χ2n) is 5.26. The van der Waals surface area contributed by atoms with Crippen LogP contribution in [0.4, 0.5) is 0 Å². The largest absolute Gasteiger partial charge is 0.395 e. The van der Waals surface area contributed by atoms with Gasteiger partial charge in [-0.3, -0.25) is 9.69 Å². The smallest absolute Gasteiger partial charge is 0.234 e. The normalized spacial score (nSPS) is 27.1. The molecule has 2 rings (SSSR count). The number of rotatable bonds is 4. The average molecular weight is 256 g/mol. The maximum atomic E-state index is 12.0. The number of likely N-dealkylation sites (tertiary alicyclic amines) is 1. The third kappa shape index (κ3) is 3.93. The van der Waals surface area contributed by atoms with Crippen molar-refractivity contribution in [2.45, 2.75) is 44.2 Å². The fraction of sp³-hybridized carbons (Fsp3) is 0.923. The van der Waals surface area contributed by atoms with Gasteiger partial charge in [-0.25, -0.2) is 0 Å². The Hall–Kier alpha value is -0.650. The SMILES string of the molecule is O=C(CN1CCCCC1CO)NC1CCOCC1. The number of aliphatic hydroxyl groups is 1. The van der Waals surface area contributed by atoms with Crippen LogP contribution in [-0.2, 0) is 9.53 Å². The predicted octanol–water partition coefficient (Wildman–Crippen LogP) is 0.128. The molecule has 0 spiro atoms. The molecule has 2 heterocycles. The Morgan fingerprint density at radius 3 is 2.78 bits per heavy atom. The molecule has 1 unspecified atom stereocenters. The molecule has 5 heteroatoms. The van der Waals surface area contributed by atoms with E-state index in [4.69, 9.17) is 4.74 Å². The van der Waals surface area contributed by atoms with E-state index in [9.17, 15) is 9.90 Å². The number of hydrogen-bond donors (Lipinski definition) is 2. The van der Waals surface area contributed by atoms with Crippen molar-refractivity contribution in [2.24, 2.45) is 0 Å². The highest BCUT2D eigenvalue weighted by atomic mass is 16.5. The van der Waals surface area contributed by atoms with Crippen LogP contribution < -0.4 is 5.32 Å². The van der Waals surface area contributed by atoms with E-state index >= 15 is 0 Å². The zero-order valence-electron chi connectivity index (χ0n) is 10.9. The molecular weight excluding hydrogens is 232 g/mol. The van der Waals surface area contributed by atoms with Crippen LogP contribution >= 0.6 is 0 Å². The Bertz CT molecular complexity index is 267. The third-order valence-electron chi connectivity index (χ3n) is 3.89. The molecule has 2 fully saturated rings. The summed E-state index contributed by atoms with van der Waals surface area (Å²) in [5.74, 6) is 0.0854. The molecule has 1 atom stereocenters. The van der Waals surface area contributed by atoms with E-state index in [2.05, 4.69) is 10.2 Å². The van der Waals surface area contributed by atoms with Crippen molar-refractivity contribution in [3.63, 3.8) is 0 Å². The minimum absolute atomic E-state index is 0.0854. The van der Waals surface area contributed by atoms with Crippen molar-refractivity contribution >= 4 is 5.91 Å². The van der Waals surface area contributed by atoms with Crippen LogP contribution in [0, 0.1) is 0 Å². The summed E-state index contributed by atoms with van der Waals surface area (Å²) in [5, 5.41) is 12.4. The van der Waals surface area contributed by atoms with Crippen molar-refractivity contribution in [1.29, 1.82) is 0 Å². The van der Waals surface area contributed by atoms with Crippen molar-refractivity contribution in [3.05, 3.63) is 0 Å². The van der Waals surface area contributed by atoms with Crippen LogP contribution in [0.15, 0.2) is 0 Å². The lowest BCUT2D eigenvalue weighted by atomic mass is 10.0. The van der Waals surface area contributed by atoms with Crippen molar-refractivity contribution < 1.29 is 14.6 Å². The Kier molecular flexibility index (Phi) is 5.41. The maximum absolute atomic E-state index is 12.0. The van der Waals surface area contributed by atoms with Gasteiger partial charge in [0, 0.05) is 25.3 Å². The van der Waals surface area contributed by atoms with Gasteiger partial charge in [0.25, 0.3) is 0 Å². The molecule has 0 radical (unpaired) electrons. The standard InChI is InChI=1S/C13H24N2O3/c16-10-12-3-1-2-6-15(12)9-13(17)14-11-4-7-18-8-5-11/h11-12,16H,1-10H2,(H,14,17). The zero-order valence-corrected chi connectivity index (χ0v) is 10.9. The van der Waals surface area contributed by atoms with E-state index in [1.807, 2.05) is 0 Å². The Balaban J connectivity index is 1.75. The highest BCUT2D eigenvalue weighted by molar-refractivity contribution is 5.78. The van der Waals surface area contributed by atoms with Gasteiger partial charge in [0.15, 0.2) is 0 Å². The highest BCUT2D eigenvalue weighted by Crippen LogP contribution is 2.16. The van der Waals surface area contributed by atoms with Crippen molar-refractivity contribution in [2.75, 3.05) is 32.9 Å². The summed E-state index contributed by atoms with van der Waals surface area (Å²) >= 11 is 0. The second-order valence-corrected chi connectivity index (χ2v) is 5.26. The molecule has 0 aromatic carbocycles. The molecular formula is C13H24N2O3. The van der Waals surface area contributed by atoms with Gasteiger partial charge in [0.2, 0.25) is 5.91 Å². The van der Waals surface area contributed by atoms with Crippen LogP contribution in [-0.4, -0.2) is 60.9 Å². The van der Waals surface area contributed by atoms with Gasteiger partial charge in [-0.2, -0.15) is 0 Å². The highest BCUT2D eigenvalue weighted by Gasteiger charge is 2.24. The first-order valence-corrected chi connectivity index (χ1v) is 7.01. The zero-order chi connectivity index (χ0) is 12.8. The van der Waals surface area contributed by atoms with E-state index in [0.29, 0.717) is 6.54 Å². The summed E-state index contributed by atoms with van der Waals surface area (Å²) in [6, 6.07) is 0.433. The monoisotopic (exact) mass is 256 g/mol. The van der Waals surface area contributed by atoms with Gasteiger partial charge in [-0.05, 0) is 32.2 Å². The van der Waals surface area contributed by atoms with Crippen LogP contribution in [0.2, 0.25) is 0 Å². The summed E-state index contributed by atoms with van der Waals surface area (Å²) in [6.45, 7) is 2.99. The first-order chi connectivity index (χ1) is 8.79. The Labute approximate surface area is 108 Å². The predicted molar refractivity (Wildman–Crippen MR) is 68.3 cm³/mol. The molecule has 18 heavy (non-hydrogen) atoms. The van der Waals surface area contributed by atoms with Crippen LogP contribution in [0.25, 0.3) is 0 Å². The minimum Gasteiger partial charge on any atom is -0.395 e. The molecule has 1 amide bonds. The van der Waals surface area contributed by atoms with Gasteiger partial charge >= 0.3 is 0 Å². The van der Waals surface area contributed by atoms with Crippen LogP contribution in [0.5, 0.6) is 0 Å². The Morgan fingerprint density at radius 2 is 2.06 bits per heavy atom. The fourth-order valence-corrected chi connectivity index (χ4v) is 2.77. The first kappa shape index (κ1) is 13.8. The summed E-state index contributed by atoms with van der Waals surface area (Å²) < 4.78 is 5.27. The molecule has 0 aromatic heterocycles. The van der Waals surface area contributed by atoms with E-state index in [-0.39, 0.29) is 24.6 Å². The van der Waals surface area contributed by atoms with Crippen LogP contribution in [0.3, 0.4) is 0 Å². The molecule has 0 bridgehead atoms. The third-order valence-corrected chi connectivity index (χ3v) is 3.89.